The minimum absolute atomic E-state index is 0.825. The number of halogens is 2. The van der Waals surface area contributed by atoms with Crippen LogP contribution in [0.5, 0.6) is 0 Å². The van der Waals surface area contributed by atoms with Crippen LogP contribution in [0.2, 0.25) is 0 Å². The van der Waals surface area contributed by atoms with Crippen molar-refractivity contribution >= 4 is 44.5 Å². The van der Waals surface area contributed by atoms with E-state index in [4.69, 9.17) is 0 Å². The van der Waals surface area contributed by atoms with Crippen molar-refractivity contribution in [2.24, 2.45) is 0 Å². The summed E-state index contributed by atoms with van der Waals surface area (Å²) in [6, 6.07) is 6.18. The van der Waals surface area contributed by atoms with Crippen molar-refractivity contribution in [3.8, 4) is 11.4 Å². The van der Waals surface area contributed by atoms with Gasteiger partial charge in [-0.25, -0.2) is 0 Å². The van der Waals surface area contributed by atoms with Crippen LogP contribution in [0.1, 0.15) is 13.8 Å². The van der Waals surface area contributed by atoms with E-state index in [9.17, 15) is 0 Å². The molecule has 18 heavy (non-hydrogen) atoms. The topological polar surface area (TPSA) is 42.7 Å². The smallest absolute Gasteiger partial charge is 0.224 e. The SMILES string of the molecule is CCNc1nnc(-c2cc(Br)ccc2I)n1CC. The molecule has 0 bridgehead atoms. The monoisotopic (exact) mass is 420 g/mol. The maximum Gasteiger partial charge on any atom is 0.224 e. The van der Waals surface area contributed by atoms with Gasteiger partial charge in [0.05, 0.1) is 0 Å². The molecule has 0 atom stereocenters. The van der Waals surface area contributed by atoms with Crippen molar-refractivity contribution in [2.45, 2.75) is 20.4 Å². The fourth-order valence-corrected chi connectivity index (χ4v) is 2.70. The van der Waals surface area contributed by atoms with Gasteiger partial charge in [0.1, 0.15) is 0 Å². The van der Waals surface area contributed by atoms with Gasteiger partial charge in [-0.15, -0.1) is 10.2 Å². The molecule has 0 aliphatic heterocycles. The van der Waals surface area contributed by atoms with Gasteiger partial charge in [-0.2, -0.15) is 0 Å². The predicted molar refractivity (Wildman–Crippen MR) is 85.7 cm³/mol. The lowest BCUT2D eigenvalue weighted by atomic mass is 10.2. The Kier molecular flexibility index (Phi) is 4.60. The second-order valence-corrected chi connectivity index (χ2v) is 5.82. The lowest BCUT2D eigenvalue weighted by Gasteiger charge is -2.09. The average Bonchev–Trinajstić information content (AvgIpc) is 2.75. The van der Waals surface area contributed by atoms with Gasteiger partial charge in [0.15, 0.2) is 5.82 Å². The van der Waals surface area contributed by atoms with E-state index in [1.807, 2.05) is 6.07 Å². The Morgan fingerprint density at radius 1 is 1.33 bits per heavy atom. The quantitative estimate of drug-likeness (QED) is 0.765. The first kappa shape index (κ1) is 13.8. The van der Waals surface area contributed by atoms with Crippen molar-refractivity contribution in [3.63, 3.8) is 0 Å². The summed E-state index contributed by atoms with van der Waals surface area (Å²) in [5.41, 5.74) is 1.10. The van der Waals surface area contributed by atoms with Crippen LogP contribution in [0.4, 0.5) is 5.95 Å². The highest BCUT2D eigenvalue weighted by Gasteiger charge is 2.14. The molecule has 96 valence electrons. The van der Waals surface area contributed by atoms with E-state index in [1.165, 1.54) is 3.57 Å². The Morgan fingerprint density at radius 2 is 2.11 bits per heavy atom. The number of anilines is 1. The molecule has 2 aromatic rings. The number of benzene rings is 1. The molecule has 1 aromatic heterocycles. The van der Waals surface area contributed by atoms with Crippen molar-refractivity contribution in [2.75, 3.05) is 11.9 Å². The molecule has 1 heterocycles. The van der Waals surface area contributed by atoms with Crippen LogP contribution >= 0.6 is 38.5 Å². The van der Waals surface area contributed by atoms with Crippen LogP contribution in [-0.4, -0.2) is 21.3 Å². The minimum Gasteiger partial charge on any atom is -0.355 e. The maximum atomic E-state index is 4.30. The molecule has 0 saturated heterocycles. The molecule has 4 nitrogen and oxygen atoms in total. The number of nitrogens with one attached hydrogen (secondary N) is 1. The minimum atomic E-state index is 0.825. The standard InChI is InChI=1S/C12H14BrIN4/c1-3-15-12-17-16-11(18(12)4-2)9-7-8(13)5-6-10(9)14/h5-7H,3-4H2,1-2H3,(H,15,17). The fourth-order valence-electron chi connectivity index (χ4n) is 1.76. The van der Waals surface area contributed by atoms with Gasteiger partial charge < -0.3 is 5.32 Å². The molecule has 6 heteroatoms. The maximum absolute atomic E-state index is 4.30. The first-order valence-electron chi connectivity index (χ1n) is 5.79. The van der Waals surface area contributed by atoms with Gasteiger partial charge in [0.2, 0.25) is 5.95 Å². The molecule has 2 rings (SSSR count). The van der Waals surface area contributed by atoms with Crippen molar-refractivity contribution in [1.82, 2.24) is 14.8 Å². The summed E-state index contributed by atoms with van der Waals surface area (Å²) in [7, 11) is 0. The molecule has 0 radical (unpaired) electrons. The Bertz CT molecular complexity index is 553. The Labute approximate surface area is 128 Å². The third-order valence-corrected chi connectivity index (χ3v) is 4.01. The highest BCUT2D eigenvalue weighted by atomic mass is 127. The molecule has 1 N–H and O–H groups in total. The molecule has 0 aliphatic carbocycles. The van der Waals surface area contributed by atoms with Gasteiger partial charge in [0, 0.05) is 26.7 Å². The van der Waals surface area contributed by atoms with Crippen LogP contribution in [0.25, 0.3) is 11.4 Å². The Hall–Kier alpha value is -0.630. The van der Waals surface area contributed by atoms with Crippen LogP contribution in [0.15, 0.2) is 22.7 Å². The lowest BCUT2D eigenvalue weighted by Crippen LogP contribution is -2.07. The van der Waals surface area contributed by atoms with E-state index in [0.717, 1.165) is 34.9 Å². The third kappa shape index (κ3) is 2.69. The molecule has 0 spiro atoms. The van der Waals surface area contributed by atoms with Crippen molar-refractivity contribution < 1.29 is 0 Å². The highest BCUT2D eigenvalue weighted by Crippen LogP contribution is 2.28. The zero-order chi connectivity index (χ0) is 13.1. The summed E-state index contributed by atoms with van der Waals surface area (Å²) in [6.45, 7) is 5.83. The van der Waals surface area contributed by atoms with E-state index in [0.29, 0.717) is 0 Å². The summed E-state index contributed by atoms with van der Waals surface area (Å²) < 4.78 is 4.31. The van der Waals surface area contributed by atoms with Crippen molar-refractivity contribution in [3.05, 3.63) is 26.2 Å². The zero-order valence-electron chi connectivity index (χ0n) is 10.2. The van der Waals surface area contributed by atoms with E-state index < -0.39 is 0 Å². The summed E-state index contributed by atoms with van der Waals surface area (Å²) >= 11 is 5.82. The lowest BCUT2D eigenvalue weighted by molar-refractivity contribution is 0.770. The van der Waals surface area contributed by atoms with Gasteiger partial charge >= 0.3 is 0 Å². The molecule has 1 aromatic carbocycles. The van der Waals surface area contributed by atoms with Crippen LogP contribution in [-0.2, 0) is 6.54 Å². The summed E-state index contributed by atoms with van der Waals surface area (Å²) in [4.78, 5) is 0. The Morgan fingerprint density at radius 3 is 2.78 bits per heavy atom. The molecular formula is C12H14BrIN4. The second-order valence-electron chi connectivity index (χ2n) is 3.75. The number of aromatic nitrogens is 3. The number of hydrogen-bond acceptors (Lipinski definition) is 3. The van der Waals surface area contributed by atoms with Gasteiger partial charge in [-0.05, 0) is 54.6 Å². The normalized spacial score (nSPS) is 10.7. The van der Waals surface area contributed by atoms with Crippen LogP contribution < -0.4 is 5.32 Å². The zero-order valence-corrected chi connectivity index (χ0v) is 14.0. The van der Waals surface area contributed by atoms with Crippen molar-refractivity contribution in [1.29, 1.82) is 0 Å². The summed E-state index contributed by atoms with van der Waals surface area (Å²) in [6.07, 6.45) is 0. The Balaban J connectivity index is 2.53. The molecule has 0 aliphatic rings. The summed E-state index contributed by atoms with van der Waals surface area (Å²) in [5, 5.41) is 11.7. The second kappa shape index (κ2) is 6.01. The van der Waals surface area contributed by atoms with E-state index >= 15 is 0 Å². The van der Waals surface area contributed by atoms with Crippen LogP contribution in [0, 0.1) is 3.57 Å². The number of hydrogen-bond donors (Lipinski definition) is 1. The van der Waals surface area contributed by atoms with Gasteiger partial charge in [0.25, 0.3) is 0 Å². The van der Waals surface area contributed by atoms with E-state index in [2.05, 4.69) is 84.6 Å². The first-order chi connectivity index (χ1) is 8.67. The number of rotatable bonds is 4. The fraction of sp³-hybridized carbons (Fsp3) is 0.333. The largest absolute Gasteiger partial charge is 0.355 e. The number of nitrogens with zero attached hydrogens (tertiary/aromatic N) is 3. The molecule has 0 unspecified atom stereocenters. The molecule has 0 amide bonds. The molecular weight excluding hydrogens is 407 g/mol. The predicted octanol–water partition coefficient (Wildman–Crippen LogP) is 3.76. The first-order valence-corrected chi connectivity index (χ1v) is 7.67. The van der Waals surface area contributed by atoms with E-state index in [1.54, 1.807) is 0 Å². The third-order valence-electron chi connectivity index (χ3n) is 2.57. The highest BCUT2D eigenvalue weighted by molar-refractivity contribution is 14.1. The van der Waals surface area contributed by atoms with Gasteiger partial charge in [-0.3, -0.25) is 4.57 Å². The average molecular weight is 421 g/mol. The van der Waals surface area contributed by atoms with E-state index in [-0.39, 0.29) is 0 Å². The van der Waals surface area contributed by atoms with Crippen LogP contribution in [0.3, 0.4) is 0 Å². The van der Waals surface area contributed by atoms with Gasteiger partial charge in [-0.1, -0.05) is 15.9 Å². The molecule has 0 saturated carbocycles. The molecule has 0 fully saturated rings. The summed E-state index contributed by atoms with van der Waals surface area (Å²) in [5.74, 6) is 1.73.